The van der Waals surface area contributed by atoms with Crippen molar-refractivity contribution in [1.82, 2.24) is 10.6 Å². The van der Waals surface area contributed by atoms with Gasteiger partial charge < -0.3 is 20.1 Å². The van der Waals surface area contributed by atoms with E-state index in [1.807, 2.05) is 0 Å². The molecule has 0 aliphatic carbocycles. The second kappa shape index (κ2) is 8.05. The summed E-state index contributed by atoms with van der Waals surface area (Å²) in [4.78, 5) is 0. The highest BCUT2D eigenvalue weighted by molar-refractivity contribution is 4.67. The molecule has 4 heteroatoms. The molecule has 4 nitrogen and oxygen atoms in total. The van der Waals surface area contributed by atoms with Crippen LogP contribution in [0, 0.1) is 5.92 Å². The zero-order valence-corrected chi connectivity index (χ0v) is 9.92. The molecule has 2 unspecified atom stereocenters. The van der Waals surface area contributed by atoms with E-state index in [9.17, 15) is 0 Å². The normalized spacial score (nSPS) is 23.2. The first-order valence-electron chi connectivity index (χ1n) is 5.85. The highest BCUT2D eigenvalue weighted by atomic mass is 16.5. The van der Waals surface area contributed by atoms with E-state index in [0.717, 1.165) is 45.3 Å². The van der Waals surface area contributed by atoms with Crippen molar-refractivity contribution in [3.8, 4) is 0 Å². The van der Waals surface area contributed by atoms with Crippen molar-refractivity contribution < 1.29 is 9.47 Å². The van der Waals surface area contributed by atoms with Crippen LogP contribution in [0.25, 0.3) is 0 Å². The van der Waals surface area contributed by atoms with Crippen molar-refractivity contribution in [2.24, 2.45) is 5.92 Å². The molecule has 1 aliphatic heterocycles. The first-order valence-corrected chi connectivity index (χ1v) is 5.85. The van der Waals surface area contributed by atoms with E-state index in [0.29, 0.717) is 6.10 Å². The molecule has 0 spiro atoms. The molecular weight excluding hydrogens is 192 g/mol. The molecule has 0 amide bonds. The fraction of sp³-hybridized carbons (Fsp3) is 1.00. The molecule has 1 rings (SSSR count). The van der Waals surface area contributed by atoms with E-state index >= 15 is 0 Å². The first kappa shape index (κ1) is 12.9. The molecular formula is C11H24N2O2. The zero-order chi connectivity index (χ0) is 10.9. The molecule has 2 N–H and O–H groups in total. The van der Waals surface area contributed by atoms with Gasteiger partial charge in [0, 0.05) is 39.9 Å². The van der Waals surface area contributed by atoms with Crippen LogP contribution in [-0.2, 0) is 9.47 Å². The van der Waals surface area contributed by atoms with Crippen molar-refractivity contribution in [1.29, 1.82) is 0 Å². The Morgan fingerprint density at radius 1 is 1.40 bits per heavy atom. The largest absolute Gasteiger partial charge is 0.381 e. The van der Waals surface area contributed by atoms with Gasteiger partial charge >= 0.3 is 0 Å². The van der Waals surface area contributed by atoms with Crippen LogP contribution in [0.15, 0.2) is 0 Å². The maximum Gasteiger partial charge on any atom is 0.0667 e. The van der Waals surface area contributed by atoms with Gasteiger partial charge in [-0.15, -0.1) is 0 Å². The third kappa shape index (κ3) is 6.10. The van der Waals surface area contributed by atoms with Crippen LogP contribution < -0.4 is 10.6 Å². The second-order valence-corrected chi connectivity index (χ2v) is 4.18. The molecule has 2 atom stereocenters. The summed E-state index contributed by atoms with van der Waals surface area (Å²) in [5, 5.41) is 6.78. The molecule has 0 radical (unpaired) electrons. The summed E-state index contributed by atoms with van der Waals surface area (Å²) < 4.78 is 10.4. The van der Waals surface area contributed by atoms with Gasteiger partial charge in [0.2, 0.25) is 0 Å². The Morgan fingerprint density at radius 2 is 2.20 bits per heavy atom. The molecule has 0 saturated carbocycles. The van der Waals surface area contributed by atoms with E-state index in [1.54, 1.807) is 7.11 Å². The number of methoxy groups -OCH3 is 1. The Bertz CT molecular complexity index is 150. The van der Waals surface area contributed by atoms with Gasteiger partial charge in [0.15, 0.2) is 0 Å². The summed E-state index contributed by atoms with van der Waals surface area (Å²) >= 11 is 0. The molecule has 1 heterocycles. The first-order chi connectivity index (χ1) is 7.33. The van der Waals surface area contributed by atoms with Crippen LogP contribution in [0.4, 0.5) is 0 Å². The number of hydrogen-bond acceptors (Lipinski definition) is 4. The Morgan fingerprint density at radius 3 is 2.87 bits per heavy atom. The van der Waals surface area contributed by atoms with Gasteiger partial charge in [-0.3, -0.25) is 0 Å². The summed E-state index contributed by atoms with van der Waals surface area (Å²) in [6.45, 7) is 7.97. The van der Waals surface area contributed by atoms with Gasteiger partial charge in [-0.1, -0.05) is 0 Å². The molecule has 1 aliphatic rings. The molecule has 15 heavy (non-hydrogen) atoms. The van der Waals surface area contributed by atoms with Crippen LogP contribution in [0.2, 0.25) is 0 Å². The smallest absolute Gasteiger partial charge is 0.0667 e. The summed E-state index contributed by atoms with van der Waals surface area (Å²) in [5.74, 6) is 0.725. The molecule has 1 fully saturated rings. The Labute approximate surface area is 92.7 Å². The highest BCUT2D eigenvalue weighted by Crippen LogP contribution is 2.10. The summed E-state index contributed by atoms with van der Waals surface area (Å²) in [6.07, 6.45) is 1.51. The summed E-state index contributed by atoms with van der Waals surface area (Å²) in [7, 11) is 1.74. The van der Waals surface area contributed by atoms with E-state index < -0.39 is 0 Å². The fourth-order valence-corrected chi connectivity index (χ4v) is 1.62. The van der Waals surface area contributed by atoms with Gasteiger partial charge in [0.05, 0.1) is 12.7 Å². The SMILES string of the molecule is COC(C)CNCCNCC1CCOC1. The van der Waals surface area contributed by atoms with Gasteiger partial charge in [0.1, 0.15) is 0 Å². The lowest BCUT2D eigenvalue weighted by atomic mass is 10.1. The summed E-state index contributed by atoms with van der Waals surface area (Å²) in [6, 6.07) is 0. The van der Waals surface area contributed by atoms with Crippen molar-refractivity contribution in [2.45, 2.75) is 19.4 Å². The lowest BCUT2D eigenvalue weighted by molar-refractivity contribution is 0.117. The predicted molar refractivity (Wildman–Crippen MR) is 61.1 cm³/mol. The maximum absolute atomic E-state index is 5.31. The van der Waals surface area contributed by atoms with E-state index in [4.69, 9.17) is 9.47 Å². The zero-order valence-electron chi connectivity index (χ0n) is 9.92. The minimum absolute atomic E-state index is 0.299. The number of nitrogens with one attached hydrogen (secondary N) is 2. The number of rotatable bonds is 8. The monoisotopic (exact) mass is 216 g/mol. The van der Waals surface area contributed by atoms with Crippen LogP contribution in [0.5, 0.6) is 0 Å². The molecule has 0 aromatic carbocycles. The Hall–Kier alpha value is -0.160. The summed E-state index contributed by atoms with van der Waals surface area (Å²) in [5.41, 5.74) is 0. The lowest BCUT2D eigenvalue weighted by Gasteiger charge is -2.12. The minimum atomic E-state index is 0.299. The van der Waals surface area contributed by atoms with Crippen LogP contribution >= 0.6 is 0 Å². The van der Waals surface area contributed by atoms with Crippen LogP contribution in [-0.4, -0.2) is 52.6 Å². The fourth-order valence-electron chi connectivity index (χ4n) is 1.62. The number of ether oxygens (including phenoxy) is 2. The van der Waals surface area contributed by atoms with Gasteiger partial charge in [-0.25, -0.2) is 0 Å². The number of hydrogen-bond donors (Lipinski definition) is 2. The van der Waals surface area contributed by atoms with Crippen LogP contribution in [0.3, 0.4) is 0 Å². The minimum Gasteiger partial charge on any atom is -0.381 e. The quantitative estimate of drug-likeness (QED) is 0.570. The van der Waals surface area contributed by atoms with Gasteiger partial charge in [-0.05, 0) is 19.3 Å². The molecule has 1 saturated heterocycles. The van der Waals surface area contributed by atoms with E-state index in [2.05, 4.69) is 17.6 Å². The van der Waals surface area contributed by atoms with Crippen LogP contribution in [0.1, 0.15) is 13.3 Å². The van der Waals surface area contributed by atoms with Gasteiger partial charge in [-0.2, -0.15) is 0 Å². The van der Waals surface area contributed by atoms with Crippen molar-refractivity contribution in [3.05, 3.63) is 0 Å². The third-order valence-electron chi connectivity index (χ3n) is 2.77. The average molecular weight is 216 g/mol. The van der Waals surface area contributed by atoms with Crippen molar-refractivity contribution in [3.63, 3.8) is 0 Å². The standard InChI is InChI=1S/C11H24N2O2/c1-10(14-2)7-12-4-5-13-8-11-3-6-15-9-11/h10-13H,3-9H2,1-2H3. The van der Waals surface area contributed by atoms with E-state index in [1.165, 1.54) is 6.42 Å². The molecule has 90 valence electrons. The van der Waals surface area contributed by atoms with Crippen molar-refractivity contribution in [2.75, 3.05) is 46.5 Å². The maximum atomic E-state index is 5.31. The second-order valence-electron chi connectivity index (χ2n) is 4.18. The van der Waals surface area contributed by atoms with E-state index in [-0.39, 0.29) is 0 Å². The molecule has 0 bridgehead atoms. The van der Waals surface area contributed by atoms with Crippen molar-refractivity contribution >= 4 is 0 Å². The lowest BCUT2D eigenvalue weighted by Crippen LogP contribution is -2.34. The molecule has 0 aromatic rings. The van der Waals surface area contributed by atoms with Gasteiger partial charge in [0.25, 0.3) is 0 Å². The highest BCUT2D eigenvalue weighted by Gasteiger charge is 2.14. The average Bonchev–Trinajstić information content (AvgIpc) is 2.75. The molecule has 0 aromatic heterocycles. The predicted octanol–water partition coefficient (Wildman–Crippen LogP) is 0.237. The third-order valence-corrected chi connectivity index (χ3v) is 2.77. The Balaban J connectivity index is 1.80. The Kier molecular flexibility index (Phi) is 6.92. The topological polar surface area (TPSA) is 42.5 Å².